The van der Waals surface area contributed by atoms with Crippen LogP contribution in [0.25, 0.3) is 0 Å². The Morgan fingerprint density at radius 3 is 2.81 bits per heavy atom. The lowest BCUT2D eigenvalue weighted by atomic mass is 10.1. The summed E-state index contributed by atoms with van der Waals surface area (Å²) in [6.07, 6.45) is 1.89. The molecule has 136 valence electrons. The number of thiophene rings is 1. The first kappa shape index (κ1) is 18.1. The molecule has 0 radical (unpaired) electrons. The highest BCUT2D eigenvalue weighted by atomic mass is 32.1. The highest BCUT2D eigenvalue weighted by Crippen LogP contribution is 2.23. The van der Waals surface area contributed by atoms with Gasteiger partial charge in [-0.05, 0) is 48.4 Å². The van der Waals surface area contributed by atoms with Gasteiger partial charge in [-0.15, -0.1) is 11.3 Å². The van der Waals surface area contributed by atoms with Crippen molar-refractivity contribution in [1.29, 1.82) is 0 Å². The Bertz CT molecular complexity index is 804. The molecule has 0 aliphatic carbocycles. The zero-order chi connectivity index (χ0) is 18.5. The second-order valence-corrected chi connectivity index (χ2v) is 7.16. The Kier molecular flexibility index (Phi) is 5.68. The lowest BCUT2D eigenvalue weighted by Crippen LogP contribution is -2.42. The molecule has 1 saturated heterocycles. The van der Waals surface area contributed by atoms with E-state index in [-0.39, 0.29) is 18.2 Å². The average molecular weight is 372 g/mol. The number of hydrogen-bond donors (Lipinski definition) is 2. The molecule has 0 spiro atoms. The summed E-state index contributed by atoms with van der Waals surface area (Å²) in [5.74, 6) is -1.16. The van der Waals surface area contributed by atoms with E-state index in [1.54, 1.807) is 29.2 Å². The van der Waals surface area contributed by atoms with Crippen molar-refractivity contribution in [1.82, 2.24) is 4.90 Å². The van der Waals surface area contributed by atoms with Crippen LogP contribution < -0.4 is 5.32 Å². The Labute approximate surface area is 155 Å². The minimum Gasteiger partial charge on any atom is -0.481 e. The molecule has 2 aromatic rings. The molecule has 2 amide bonds. The molecular formula is C19H20N2O4S. The van der Waals surface area contributed by atoms with Crippen molar-refractivity contribution in [2.75, 3.05) is 11.9 Å². The molecule has 1 aliphatic rings. The number of carboxylic acids is 1. The van der Waals surface area contributed by atoms with E-state index in [1.807, 2.05) is 17.5 Å². The van der Waals surface area contributed by atoms with Crippen LogP contribution in [0.3, 0.4) is 0 Å². The first-order valence-electron chi connectivity index (χ1n) is 8.50. The molecule has 1 atom stereocenters. The van der Waals surface area contributed by atoms with Crippen molar-refractivity contribution in [3.8, 4) is 0 Å². The summed E-state index contributed by atoms with van der Waals surface area (Å²) < 4.78 is 0. The van der Waals surface area contributed by atoms with Gasteiger partial charge in [0.15, 0.2) is 0 Å². The number of amides is 2. The lowest BCUT2D eigenvalue weighted by Gasteiger charge is -2.23. The van der Waals surface area contributed by atoms with E-state index in [9.17, 15) is 14.4 Å². The third-order valence-corrected chi connectivity index (χ3v) is 5.23. The second kappa shape index (κ2) is 8.14. The van der Waals surface area contributed by atoms with Crippen LogP contribution in [0.5, 0.6) is 0 Å². The van der Waals surface area contributed by atoms with Crippen LogP contribution in [-0.4, -0.2) is 40.4 Å². The van der Waals surface area contributed by atoms with Crippen LogP contribution >= 0.6 is 11.3 Å². The number of nitrogens with zero attached hydrogens (tertiary/aromatic N) is 1. The summed E-state index contributed by atoms with van der Waals surface area (Å²) in [6, 6.07) is 10.3. The maximum atomic E-state index is 12.7. The summed E-state index contributed by atoms with van der Waals surface area (Å²) in [5.41, 5.74) is 1.47. The highest BCUT2D eigenvalue weighted by Gasteiger charge is 2.34. The summed E-state index contributed by atoms with van der Waals surface area (Å²) in [4.78, 5) is 38.2. The van der Waals surface area contributed by atoms with Crippen molar-refractivity contribution < 1.29 is 19.5 Å². The number of carboxylic acid groups (broad SMARTS) is 1. The molecule has 1 fully saturated rings. The standard InChI is InChI=1S/C19H20N2O4S/c22-17(23)9-8-13-4-1-5-14(12-13)20-18(24)15-6-2-10-21(15)19(25)16-7-3-11-26-16/h1,3-5,7,11-12,15H,2,6,8-10H2,(H,20,24)(H,22,23)/t15-/m0/s1. The molecule has 2 heterocycles. The molecule has 6 nitrogen and oxygen atoms in total. The second-order valence-electron chi connectivity index (χ2n) is 6.22. The highest BCUT2D eigenvalue weighted by molar-refractivity contribution is 7.12. The number of carbonyl (C=O) groups excluding carboxylic acids is 2. The third-order valence-electron chi connectivity index (χ3n) is 4.37. The Morgan fingerprint density at radius 2 is 2.08 bits per heavy atom. The van der Waals surface area contributed by atoms with Gasteiger partial charge in [-0.2, -0.15) is 0 Å². The minimum absolute atomic E-state index is 0.0448. The maximum absolute atomic E-state index is 12.7. The van der Waals surface area contributed by atoms with E-state index >= 15 is 0 Å². The van der Waals surface area contributed by atoms with Gasteiger partial charge in [-0.3, -0.25) is 14.4 Å². The zero-order valence-electron chi connectivity index (χ0n) is 14.2. The van der Waals surface area contributed by atoms with Crippen molar-refractivity contribution in [2.24, 2.45) is 0 Å². The smallest absolute Gasteiger partial charge is 0.303 e. The number of benzene rings is 1. The minimum atomic E-state index is -0.854. The fraction of sp³-hybridized carbons (Fsp3) is 0.316. The van der Waals surface area contributed by atoms with E-state index in [0.29, 0.717) is 30.0 Å². The van der Waals surface area contributed by atoms with E-state index in [4.69, 9.17) is 5.11 Å². The number of aliphatic carboxylic acids is 1. The molecule has 26 heavy (non-hydrogen) atoms. The largest absolute Gasteiger partial charge is 0.481 e. The normalized spacial score (nSPS) is 16.5. The van der Waals surface area contributed by atoms with Crippen molar-refractivity contribution in [2.45, 2.75) is 31.7 Å². The lowest BCUT2D eigenvalue weighted by molar-refractivity contribution is -0.137. The molecule has 1 aliphatic heterocycles. The predicted octanol–water partition coefficient (Wildman–Crippen LogP) is 3.01. The number of rotatable bonds is 6. The average Bonchev–Trinajstić information content (AvgIpc) is 3.31. The number of hydrogen-bond acceptors (Lipinski definition) is 4. The van der Waals surface area contributed by atoms with Crippen LogP contribution in [0.4, 0.5) is 5.69 Å². The van der Waals surface area contributed by atoms with Gasteiger partial charge in [0.25, 0.3) is 5.91 Å². The fourth-order valence-corrected chi connectivity index (χ4v) is 3.78. The number of nitrogens with one attached hydrogen (secondary N) is 1. The number of carbonyl (C=O) groups is 3. The van der Waals surface area contributed by atoms with Gasteiger partial charge in [0.1, 0.15) is 6.04 Å². The maximum Gasteiger partial charge on any atom is 0.303 e. The Balaban J connectivity index is 1.66. The quantitative estimate of drug-likeness (QED) is 0.816. The summed E-state index contributed by atoms with van der Waals surface area (Å²) in [5, 5.41) is 13.5. The monoisotopic (exact) mass is 372 g/mol. The van der Waals surface area contributed by atoms with Gasteiger partial charge in [0, 0.05) is 18.7 Å². The first-order chi connectivity index (χ1) is 12.5. The van der Waals surface area contributed by atoms with Crippen LogP contribution in [0.1, 0.15) is 34.5 Å². The van der Waals surface area contributed by atoms with Crippen LogP contribution in [-0.2, 0) is 16.0 Å². The van der Waals surface area contributed by atoms with E-state index in [2.05, 4.69) is 5.32 Å². The first-order valence-corrected chi connectivity index (χ1v) is 9.38. The molecular weight excluding hydrogens is 352 g/mol. The molecule has 1 aromatic carbocycles. The predicted molar refractivity (Wildman–Crippen MR) is 99.4 cm³/mol. The Hall–Kier alpha value is -2.67. The molecule has 1 aromatic heterocycles. The summed E-state index contributed by atoms with van der Waals surface area (Å²) >= 11 is 1.37. The molecule has 0 unspecified atom stereocenters. The summed E-state index contributed by atoms with van der Waals surface area (Å²) in [6.45, 7) is 0.577. The SMILES string of the molecule is O=C(O)CCc1cccc(NC(=O)[C@@H]2CCCN2C(=O)c2cccs2)c1. The zero-order valence-corrected chi connectivity index (χ0v) is 15.0. The Morgan fingerprint density at radius 1 is 1.23 bits per heavy atom. The van der Waals surface area contributed by atoms with Crippen LogP contribution in [0.15, 0.2) is 41.8 Å². The molecule has 0 bridgehead atoms. The van der Waals surface area contributed by atoms with Gasteiger partial charge in [0.2, 0.25) is 5.91 Å². The number of likely N-dealkylation sites (tertiary alicyclic amines) is 1. The van der Waals surface area contributed by atoms with Crippen molar-refractivity contribution >= 4 is 34.8 Å². The van der Waals surface area contributed by atoms with Gasteiger partial charge in [0.05, 0.1) is 4.88 Å². The number of anilines is 1. The van der Waals surface area contributed by atoms with E-state index in [1.165, 1.54) is 11.3 Å². The van der Waals surface area contributed by atoms with Gasteiger partial charge in [-0.25, -0.2) is 0 Å². The topological polar surface area (TPSA) is 86.7 Å². The van der Waals surface area contributed by atoms with Crippen LogP contribution in [0, 0.1) is 0 Å². The molecule has 3 rings (SSSR count). The molecule has 0 saturated carbocycles. The van der Waals surface area contributed by atoms with Crippen molar-refractivity contribution in [3.05, 3.63) is 52.2 Å². The van der Waals surface area contributed by atoms with E-state index < -0.39 is 12.0 Å². The van der Waals surface area contributed by atoms with Crippen molar-refractivity contribution in [3.63, 3.8) is 0 Å². The molecule has 2 N–H and O–H groups in total. The van der Waals surface area contributed by atoms with Gasteiger partial charge >= 0.3 is 5.97 Å². The third kappa shape index (κ3) is 4.29. The molecule has 7 heteroatoms. The van der Waals surface area contributed by atoms with Crippen LogP contribution in [0.2, 0.25) is 0 Å². The fourth-order valence-electron chi connectivity index (χ4n) is 3.11. The van der Waals surface area contributed by atoms with E-state index in [0.717, 1.165) is 12.0 Å². The van der Waals surface area contributed by atoms with Gasteiger partial charge < -0.3 is 15.3 Å². The number of aryl methyl sites for hydroxylation is 1. The van der Waals surface area contributed by atoms with Gasteiger partial charge in [-0.1, -0.05) is 18.2 Å². The summed E-state index contributed by atoms with van der Waals surface area (Å²) in [7, 11) is 0.